The summed E-state index contributed by atoms with van der Waals surface area (Å²) in [5.74, 6) is 0.469. The van der Waals surface area contributed by atoms with Crippen LogP contribution in [0.3, 0.4) is 0 Å². The van der Waals surface area contributed by atoms with Crippen LogP contribution in [0.25, 0.3) is 10.8 Å². The molecule has 0 amide bonds. The van der Waals surface area contributed by atoms with Crippen molar-refractivity contribution in [1.82, 2.24) is 0 Å². The maximum absolute atomic E-state index is 10.9. The fourth-order valence-electron chi connectivity index (χ4n) is 4.63. The summed E-state index contributed by atoms with van der Waals surface area (Å²) in [5.41, 5.74) is 2.54. The van der Waals surface area contributed by atoms with Crippen molar-refractivity contribution >= 4 is 50.7 Å². The van der Waals surface area contributed by atoms with Crippen LogP contribution in [-0.4, -0.2) is 53.7 Å². The SMILES string of the molecule is C[C@]12CCc3c(ccc4cc(OS(=O)(=O)O)ccc34)[C@@H]1CC[C@H]2O.[Na]. The third kappa shape index (κ3) is 3.24. The van der Waals surface area contributed by atoms with E-state index in [0.29, 0.717) is 5.92 Å². The van der Waals surface area contributed by atoms with Gasteiger partial charge in [0.05, 0.1) is 6.10 Å². The van der Waals surface area contributed by atoms with Crippen LogP contribution in [0.15, 0.2) is 30.3 Å². The average molecular weight is 371 g/mol. The fraction of sp³-hybridized carbons (Fsp3) is 0.444. The number of hydrogen-bond donors (Lipinski definition) is 2. The first kappa shape index (κ1) is 19.1. The molecule has 0 aromatic heterocycles. The van der Waals surface area contributed by atoms with E-state index in [9.17, 15) is 13.5 Å². The van der Waals surface area contributed by atoms with Gasteiger partial charge in [0.15, 0.2) is 0 Å². The van der Waals surface area contributed by atoms with Crippen LogP contribution in [0.5, 0.6) is 5.75 Å². The van der Waals surface area contributed by atoms with Crippen molar-refractivity contribution < 1.29 is 22.3 Å². The molecule has 2 aliphatic rings. The molecule has 2 aromatic carbocycles. The predicted molar refractivity (Wildman–Crippen MR) is 96.3 cm³/mol. The second-order valence-corrected chi connectivity index (χ2v) is 8.20. The predicted octanol–water partition coefficient (Wildman–Crippen LogP) is 2.83. The van der Waals surface area contributed by atoms with Gasteiger partial charge in [-0.2, -0.15) is 8.42 Å². The molecule has 0 unspecified atom stereocenters. The maximum atomic E-state index is 10.9. The molecule has 0 spiro atoms. The average Bonchev–Trinajstić information content (AvgIpc) is 2.81. The third-order valence-electron chi connectivity index (χ3n) is 5.92. The monoisotopic (exact) mass is 371 g/mol. The van der Waals surface area contributed by atoms with Gasteiger partial charge in [-0.3, -0.25) is 4.55 Å². The molecule has 0 aliphatic heterocycles. The molecule has 2 aromatic rings. The molecule has 1 fully saturated rings. The van der Waals surface area contributed by atoms with E-state index in [1.165, 1.54) is 11.1 Å². The Kier molecular flexibility index (Phi) is 4.99. The Morgan fingerprint density at radius 1 is 1.20 bits per heavy atom. The van der Waals surface area contributed by atoms with Gasteiger partial charge in [-0.05, 0) is 65.6 Å². The van der Waals surface area contributed by atoms with Crippen LogP contribution in [-0.2, 0) is 16.8 Å². The van der Waals surface area contributed by atoms with E-state index in [0.717, 1.165) is 36.5 Å². The number of benzene rings is 2. The van der Waals surface area contributed by atoms with E-state index in [1.54, 1.807) is 12.1 Å². The van der Waals surface area contributed by atoms with Gasteiger partial charge >= 0.3 is 10.4 Å². The van der Waals surface area contributed by atoms with Crippen LogP contribution in [0.4, 0.5) is 0 Å². The summed E-state index contributed by atoms with van der Waals surface area (Å²) in [6, 6.07) is 9.09. The second kappa shape index (κ2) is 6.51. The van der Waals surface area contributed by atoms with E-state index in [4.69, 9.17) is 4.55 Å². The van der Waals surface area contributed by atoms with E-state index in [1.807, 2.05) is 12.1 Å². The van der Waals surface area contributed by atoms with Crippen LogP contribution in [0.1, 0.15) is 43.2 Å². The largest absolute Gasteiger partial charge is 0.446 e. The minimum Gasteiger partial charge on any atom is -0.393 e. The minimum absolute atomic E-state index is 0. The van der Waals surface area contributed by atoms with E-state index in [2.05, 4.69) is 17.2 Å². The normalized spacial score (nSPS) is 28.1. The van der Waals surface area contributed by atoms with Crippen molar-refractivity contribution in [3.63, 3.8) is 0 Å². The second-order valence-electron chi connectivity index (χ2n) is 7.18. The topological polar surface area (TPSA) is 83.8 Å². The molecule has 7 heteroatoms. The first-order valence-electron chi connectivity index (χ1n) is 8.18. The number of fused-ring (bicyclic) bond motifs is 5. The summed E-state index contributed by atoms with van der Waals surface area (Å²) in [5, 5.41) is 12.3. The Balaban J connectivity index is 0.00000182. The van der Waals surface area contributed by atoms with Crippen molar-refractivity contribution in [2.75, 3.05) is 0 Å². The zero-order valence-corrected chi connectivity index (χ0v) is 17.2. The third-order valence-corrected chi connectivity index (χ3v) is 6.32. The zero-order chi connectivity index (χ0) is 17.1. The minimum atomic E-state index is -4.52. The van der Waals surface area contributed by atoms with Gasteiger partial charge < -0.3 is 9.29 Å². The van der Waals surface area contributed by atoms with Crippen molar-refractivity contribution in [3.05, 3.63) is 41.5 Å². The summed E-state index contributed by atoms with van der Waals surface area (Å²) in [7, 11) is -4.52. The van der Waals surface area contributed by atoms with Gasteiger partial charge in [0.2, 0.25) is 0 Å². The Labute approximate surface area is 169 Å². The van der Waals surface area contributed by atoms with Crippen molar-refractivity contribution in [2.45, 2.75) is 44.6 Å². The van der Waals surface area contributed by atoms with Crippen LogP contribution in [0.2, 0.25) is 0 Å². The molecule has 5 nitrogen and oxygen atoms in total. The standard InChI is InChI=1S/C18H20O5S.Na/c1-18-9-8-14-13-5-3-12(23-24(20,21)22)10-11(13)2-4-15(14)16(18)6-7-17(18)19;/h2-5,10,16-17,19H,6-9H2,1H3,(H,20,21,22);/t16-,17+,18-;/m0./s1. The molecule has 0 saturated heterocycles. The quantitative estimate of drug-likeness (QED) is 0.626. The van der Waals surface area contributed by atoms with E-state index in [-0.39, 0.29) is 46.8 Å². The summed E-state index contributed by atoms with van der Waals surface area (Å²) in [4.78, 5) is 0. The van der Waals surface area contributed by atoms with E-state index >= 15 is 0 Å². The first-order valence-corrected chi connectivity index (χ1v) is 9.55. The van der Waals surface area contributed by atoms with Gasteiger partial charge in [0.25, 0.3) is 0 Å². The van der Waals surface area contributed by atoms with Gasteiger partial charge in [-0.1, -0.05) is 25.1 Å². The Hall–Kier alpha value is -0.630. The number of hydrogen-bond acceptors (Lipinski definition) is 4. The van der Waals surface area contributed by atoms with Crippen molar-refractivity contribution in [3.8, 4) is 5.75 Å². The van der Waals surface area contributed by atoms with Gasteiger partial charge in [-0.25, -0.2) is 0 Å². The molecule has 1 saturated carbocycles. The zero-order valence-electron chi connectivity index (χ0n) is 14.4. The smallest absolute Gasteiger partial charge is 0.393 e. The van der Waals surface area contributed by atoms with Crippen LogP contribution >= 0.6 is 0 Å². The van der Waals surface area contributed by atoms with Gasteiger partial charge in [0, 0.05) is 35.0 Å². The van der Waals surface area contributed by atoms with E-state index < -0.39 is 10.4 Å². The summed E-state index contributed by atoms with van der Waals surface area (Å²) >= 11 is 0. The molecule has 0 bridgehead atoms. The number of rotatable bonds is 2. The van der Waals surface area contributed by atoms with Crippen LogP contribution < -0.4 is 4.18 Å². The maximum Gasteiger partial charge on any atom is 0.446 e. The molecule has 2 N–H and O–H groups in total. The molecule has 4 rings (SSSR count). The molecular formula is C18H20NaO5S. The molecule has 25 heavy (non-hydrogen) atoms. The molecule has 0 heterocycles. The number of aliphatic hydroxyl groups excluding tert-OH is 1. The van der Waals surface area contributed by atoms with Crippen LogP contribution in [0, 0.1) is 5.41 Å². The Bertz CT molecular complexity index is 926. The number of aliphatic hydroxyl groups is 1. The molecular weight excluding hydrogens is 351 g/mol. The van der Waals surface area contributed by atoms with Crippen molar-refractivity contribution in [2.24, 2.45) is 5.41 Å². The summed E-state index contributed by atoms with van der Waals surface area (Å²) in [6.07, 6.45) is 3.46. The van der Waals surface area contributed by atoms with Gasteiger partial charge in [0.1, 0.15) is 5.75 Å². The molecule has 2 aliphatic carbocycles. The fourth-order valence-corrected chi connectivity index (χ4v) is 4.98. The first-order chi connectivity index (χ1) is 11.3. The van der Waals surface area contributed by atoms with Crippen molar-refractivity contribution in [1.29, 1.82) is 0 Å². The number of aryl methyl sites for hydroxylation is 1. The summed E-state index contributed by atoms with van der Waals surface area (Å²) in [6.45, 7) is 2.19. The summed E-state index contributed by atoms with van der Waals surface area (Å²) < 4.78 is 35.1. The molecule has 3 atom stereocenters. The van der Waals surface area contributed by atoms with Gasteiger partial charge in [-0.15, -0.1) is 0 Å². The Morgan fingerprint density at radius 3 is 2.68 bits per heavy atom. The molecule has 1 radical (unpaired) electrons. The molecule has 129 valence electrons. The Morgan fingerprint density at radius 2 is 1.96 bits per heavy atom.